The van der Waals surface area contributed by atoms with E-state index in [0.717, 1.165) is 22.3 Å². The number of aryl methyl sites for hydroxylation is 1. The van der Waals surface area contributed by atoms with E-state index in [2.05, 4.69) is 27.7 Å². The molecule has 0 fully saturated rings. The Labute approximate surface area is 144 Å². The van der Waals surface area contributed by atoms with Gasteiger partial charge in [0.05, 0.1) is 4.90 Å². The van der Waals surface area contributed by atoms with E-state index in [9.17, 15) is 8.42 Å². The molecule has 4 N–H and O–H groups in total. The van der Waals surface area contributed by atoms with Crippen LogP contribution in [0.4, 0.5) is 5.69 Å². The van der Waals surface area contributed by atoms with E-state index in [0.29, 0.717) is 11.3 Å². The molecule has 0 spiro atoms. The van der Waals surface area contributed by atoms with Crippen LogP contribution in [0.3, 0.4) is 0 Å². The van der Waals surface area contributed by atoms with Gasteiger partial charge in [0.2, 0.25) is 10.0 Å². The highest BCUT2D eigenvalue weighted by Crippen LogP contribution is 2.40. The largest absolute Gasteiger partial charge is 0.399 e. The molecular formula is C19H26N2O2S. The Morgan fingerprint density at radius 3 is 1.83 bits per heavy atom. The first-order chi connectivity index (χ1) is 11.0. The van der Waals surface area contributed by atoms with Crippen LogP contribution in [0.2, 0.25) is 0 Å². The molecule has 4 nitrogen and oxygen atoms in total. The smallest absolute Gasteiger partial charge is 0.238 e. The predicted molar refractivity (Wildman–Crippen MR) is 101 cm³/mol. The number of benzene rings is 2. The van der Waals surface area contributed by atoms with Crippen molar-refractivity contribution in [3.05, 3.63) is 47.0 Å². The van der Waals surface area contributed by atoms with Crippen molar-refractivity contribution in [1.82, 2.24) is 0 Å². The molecule has 0 saturated carbocycles. The zero-order chi connectivity index (χ0) is 18.2. The minimum atomic E-state index is -3.82. The summed E-state index contributed by atoms with van der Waals surface area (Å²) in [6.45, 7) is 10.3. The molecule has 0 unspecified atom stereocenters. The molecule has 0 amide bonds. The topological polar surface area (TPSA) is 86.2 Å². The van der Waals surface area contributed by atoms with Gasteiger partial charge in [0, 0.05) is 11.3 Å². The third-order valence-corrected chi connectivity index (χ3v) is 5.15. The van der Waals surface area contributed by atoms with Crippen molar-refractivity contribution < 1.29 is 8.42 Å². The minimum Gasteiger partial charge on any atom is -0.399 e. The number of hydrogen-bond donors (Lipinski definition) is 2. The highest BCUT2D eigenvalue weighted by Gasteiger charge is 2.23. The highest BCUT2D eigenvalue weighted by molar-refractivity contribution is 7.89. The van der Waals surface area contributed by atoms with Gasteiger partial charge >= 0.3 is 0 Å². The quantitative estimate of drug-likeness (QED) is 0.816. The van der Waals surface area contributed by atoms with Crippen molar-refractivity contribution >= 4 is 15.7 Å². The molecule has 0 aliphatic carbocycles. The second-order valence-electron chi connectivity index (χ2n) is 6.93. The number of nitrogen functional groups attached to an aromatic ring is 1. The molecule has 0 bridgehead atoms. The molecule has 0 aliphatic heterocycles. The standard InChI is InChI=1S/C19H26N2O2S/c1-11(2)15-9-14(20)10-16(12(3)4)19(15)17-8-13(5)6-7-18(17)24(21,22)23/h6-12H,20H2,1-5H3,(H2,21,22,23). The third-order valence-electron chi connectivity index (χ3n) is 4.18. The first-order valence-electron chi connectivity index (χ1n) is 8.09. The number of nitrogens with two attached hydrogens (primary N) is 2. The molecule has 0 atom stereocenters. The first-order valence-corrected chi connectivity index (χ1v) is 9.64. The molecule has 5 heteroatoms. The van der Waals surface area contributed by atoms with Crippen LogP contribution in [0.15, 0.2) is 35.2 Å². The van der Waals surface area contributed by atoms with Crippen molar-refractivity contribution in [3.63, 3.8) is 0 Å². The lowest BCUT2D eigenvalue weighted by atomic mass is 9.84. The van der Waals surface area contributed by atoms with E-state index in [-0.39, 0.29) is 16.7 Å². The first kappa shape index (κ1) is 18.5. The monoisotopic (exact) mass is 346 g/mol. The fourth-order valence-corrected chi connectivity index (χ4v) is 3.75. The third kappa shape index (κ3) is 3.62. The minimum absolute atomic E-state index is 0.154. The van der Waals surface area contributed by atoms with Crippen molar-refractivity contribution in [2.24, 2.45) is 5.14 Å². The molecule has 0 radical (unpaired) electrons. The summed E-state index contributed by atoms with van der Waals surface area (Å²) in [4.78, 5) is 0.154. The molecule has 0 aromatic heterocycles. The molecule has 2 aromatic carbocycles. The van der Waals surface area contributed by atoms with Gasteiger partial charge in [0.25, 0.3) is 0 Å². The highest BCUT2D eigenvalue weighted by atomic mass is 32.2. The normalized spacial score (nSPS) is 12.2. The van der Waals surface area contributed by atoms with Gasteiger partial charge in [-0.05, 0) is 53.6 Å². The molecule has 130 valence electrons. The summed E-state index contributed by atoms with van der Waals surface area (Å²) in [7, 11) is -3.82. The van der Waals surface area contributed by atoms with Crippen LogP contribution in [-0.2, 0) is 10.0 Å². The Balaban J connectivity index is 2.99. The zero-order valence-corrected chi connectivity index (χ0v) is 15.7. The SMILES string of the molecule is Cc1ccc(S(N)(=O)=O)c(-c2c(C(C)C)cc(N)cc2C(C)C)c1. The van der Waals surface area contributed by atoms with Crippen molar-refractivity contribution in [2.45, 2.75) is 51.3 Å². The van der Waals surface area contributed by atoms with E-state index in [1.54, 1.807) is 12.1 Å². The van der Waals surface area contributed by atoms with Gasteiger partial charge in [-0.15, -0.1) is 0 Å². The number of hydrogen-bond acceptors (Lipinski definition) is 3. The molecular weight excluding hydrogens is 320 g/mol. The average molecular weight is 346 g/mol. The summed E-state index contributed by atoms with van der Waals surface area (Å²) in [5, 5.41) is 5.47. The van der Waals surface area contributed by atoms with E-state index >= 15 is 0 Å². The van der Waals surface area contributed by atoms with Crippen molar-refractivity contribution in [3.8, 4) is 11.1 Å². The van der Waals surface area contributed by atoms with Gasteiger partial charge in [-0.2, -0.15) is 0 Å². The Hall–Kier alpha value is -1.85. The molecule has 2 rings (SSSR count). The maximum atomic E-state index is 12.1. The Morgan fingerprint density at radius 2 is 1.42 bits per heavy atom. The summed E-state index contributed by atoms with van der Waals surface area (Å²) >= 11 is 0. The van der Waals surface area contributed by atoms with Crippen LogP contribution in [0.1, 0.15) is 56.2 Å². The van der Waals surface area contributed by atoms with Gasteiger partial charge in [-0.3, -0.25) is 0 Å². The maximum absolute atomic E-state index is 12.1. The molecule has 0 aliphatic rings. The summed E-state index contributed by atoms with van der Waals surface area (Å²) < 4.78 is 24.2. The molecule has 24 heavy (non-hydrogen) atoms. The zero-order valence-electron chi connectivity index (χ0n) is 14.9. The van der Waals surface area contributed by atoms with E-state index in [4.69, 9.17) is 10.9 Å². The fourth-order valence-electron chi connectivity index (χ4n) is 3.02. The van der Waals surface area contributed by atoms with Crippen LogP contribution in [0.5, 0.6) is 0 Å². The van der Waals surface area contributed by atoms with Gasteiger partial charge in [-0.25, -0.2) is 13.6 Å². The summed E-state index contributed by atoms with van der Waals surface area (Å²) in [6.07, 6.45) is 0. The van der Waals surface area contributed by atoms with Crippen molar-refractivity contribution in [2.75, 3.05) is 5.73 Å². The second kappa shape index (κ2) is 6.57. The number of sulfonamides is 1. The molecule has 0 heterocycles. The maximum Gasteiger partial charge on any atom is 0.238 e. The summed E-state index contributed by atoms with van der Waals surface area (Å²) in [6, 6.07) is 9.11. The van der Waals surface area contributed by atoms with Gasteiger partial charge in [0.15, 0.2) is 0 Å². The van der Waals surface area contributed by atoms with Crippen LogP contribution in [0.25, 0.3) is 11.1 Å². The molecule has 2 aromatic rings. The van der Waals surface area contributed by atoms with E-state index in [1.165, 1.54) is 0 Å². The Bertz CT molecular complexity index is 840. The van der Waals surface area contributed by atoms with Crippen LogP contribution < -0.4 is 10.9 Å². The fraction of sp³-hybridized carbons (Fsp3) is 0.368. The average Bonchev–Trinajstić information content (AvgIpc) is 2.44. The van der Waals surface area contributed by atoms with Gasteiger partial charge in [0.1, 0.15) is 0 Å². The number of primary sulfonamides is 1. The predicted octanol–water partition coefficient (Wildman–Crippen LogP) is 4.14. The molecule has 0 saturated heterocycles. The Morgan fingerprint density at radius 1 is 0.917 bits per heavy atom. The number of anilines is 1. The summed E-state index contributed by atoms with van der Waals surface area (Å²) in [5.74, 6) is 0.407. The lowest BCUT2D eigenvalue weighted by molar-refractivity contribution is 0.598. The van der Waals surface area contributed by atoms with E-state index < -0.39 is 10.0 Å². The lowest BCUT2D eigenvalue weighted by Gasteiger charge is -2.22. The summed E-state index contributed by atoms with van der Waals surface area (Å²) in [5.41, 5.74) is 11.4. The second-order valence-corrected chi connectivity index (χ2v) is 8.46. The van der Waals surface area contributed by atoms with Crippen LogP contribution in [0, 0.1) is 6.92 Å². The number of rotatable bonds is 4. The van der Waals surface area contributed by atoms with Crippen LogP contribution >= 0.6 is 0 Å². The van der Waals surface area contributed by atoms with Crippen LogP contribution in [-0.4, -0.2) is 8.42 Å². The van der Waals surface area contributed by atoms with Crippen molar-refractivity contribution in [1.29, 1.82) is 0 Å². The van der Waals surface area contributed by atoms with Gasteiger partial charge in [-0.1, -0.05) is 45.4 Å². The lowest BCUT2D eigenvalue weighted by Crippen LogP contribution is -2.14. The Kier molecular flexibility index (Phi) is 5.06. The van der Waals surface area contributed by atoms with Gasteiger partial charge < -0.3 is 5.73 Å². The van der Waals surface area contributed by atoms with E-state index in [1.807, 2.05) is 25.1 Å².